The van der Waals surface area contributed by atoms with Crippen LogP contribution in [0.15, 0.2) is 83.9 Å². The lowest BCUT2D eigenvalue weighted by Crippen LogP contribution is -2.27. The number of carbonyl (C=O) groups is 1. The van der Waals surface area contributed by atoms with Crippen LogP contribution in [0.3, 0.4) is 0 Å². The van der Waals surface area contributed by atoms with E-state index < -0.39 is 15.9 Å². The Kier molecular flexibility index (Phi) is 6.02. The van der Waals surface area contributed by atoms with E-state index in [1.807, 2.05) is 24.3 Å². The van der Waals surface area contributed by atoms with Gasteiger partial charge in [0.05, 0.1) is 28.9 Å². The molecule has 1 amide bonds. The number of nitrogens with zero attached hydrogens (tertiary/aromatic N) is 2. The molecule has 0 spiro atoms. The van der Waals surface area contributed by atoms with Crippen molar-refractivity contribution in [1.82, 2.24) is 4.98 Å². The number of pyridine rings is 1. The van der Waals surface area contributed by atoms with E-state index in [9.17, 15) is 13.2 Å². The lowest BCUT2D eigenvalue weighted by atomic mass is 10.1. The number of ether oxygens (including phenoxy) is 1. The first-order valence-corrected chi connectivity index (χ1v) is 11.6. The molecular weight excluding hydrogens is 438 g/mol. The van der Waals surface area contributed by atoms with Crippen molar-refractivity contribution in [3.05, 3.63) is 90.1 Å². The zero-order chi connectivity index (χ0) is 23.6. The molecule has 0 bridgehead atoms. The van der Waals surface area contributed by atoms with Crippen LogP contribution in [0.2, 0.25) is 0 Å². The van der Waals surface area contributed by atoms with Gasteiger partial charge in [0, 0.05) is 24.2 Å². The summed E-state index contributed by atoms with van der Waals surface area (Å²) in [7, 11) is -1.01. The average Bonchev–Trinajstić information content (AvgIpc) is 2.83. The number of hydrogen-bond acceptors (Lipinski definition) is 5. The van der Waals surface area contributed by atoms with Gasteiger partial charge < -0.3 is 10.1 Å². The molecule has 0 atom stereocenters. The van der Waals surface area contributed by atoms with Gasteiger partial charge in [-0.05, 0) is 48.9 Å². The van der Waals surface area contributed by atoms with E-state index in [-0.39, 0.29) is 10.5 Å². The first-order chi connectivity index (χ1) is 15.8. The van der Waals surface area contributed by atoms with Crippen molar-refractivity contribution in [1.29, 1.82) is 0 Å². The van der Waals surface area contributed by atoms with Crippen LogP contribution in [0.4, 0.5) is 11.4 Å². The van der Waals surface area contributed by atoms with Crippen molar-refractivity contribution in [2.75, 3.05) is 23.8 Å². The van der Waals surface area contributed by atoms with Crippen LogP contribution < -0.4 is 14.4 Å². The van der Waals surface area contributed by atoms with Crippen molar-refractivity contribution in [2.45, 2.75) is 11.8 Å². The summed E-state index contributed by atoms with van der Waals surface area (Å²) >= 11 is 0. The van der Waals surface area contributed by atoms with E-state index in [0.717, 1.165) is 9.69 Å². The first kappa shape index (κ1) is 22.3. The predicted octanol–water partition coefficient (Wildman–Crippen LogP) is 4.63. The van der Waals surface area contributed by atoms with Crippen LogP contribution in [0, 0.1) is 6.92 Å². The van der Waals surface area contributed by atoms with Gasteiger partial charge in [-0.25, -0.2) is 8.42 Å². The normalized spacial score (nSPS) is 11.2. The highest BCUT2D eigenvalue weighted by Crippen LogP contribution is 2.31. The van der Waals surface area contributed by atoms with Gasteiger partial charge in [-0.3, -0.25) is 14.1 Å². The van der Waals surface area contributed by atoms with Gasteiger partial charge in [-0.2, -0.15) is 0 Å². The number of para-hydroxylation sites is 3. The maximum Gasteiger partial charge on any atom is 0.264 e. The number of carbonyl (C=O) groups excluding carboxylic acids is 1. The molecule has 1 N–H and O–H groups in total. The number of nitrogens with one attached hydrogen (secondary N) is 1. The third-order valence-electron chi connectivity index (χ3n) is 5.42. The number of rotatable bonds is 6. The minimum Gasteiger partial charge on any atom is -0.495 e. The van der Waals surface area contributed by atoms with Gasteiger partial charge >= 0.3 is 0 Å². The molecule has 0 aliphatic rings. The standard InChI is InChI=1S/C25H23N3O4S/c1-17-13-14-19(33(30,31)28(2)22-11-4-5-12-23(22)32-3)16-20(17)25(29)27-21-10-6-8-18-9-7-15-26-24(18)21/h4-16H,1-3H3,(H,27,29). The summed E-state index contributed by atoms with van der Waals surface area (Å²) in [6.45, 7) is 1.76. The average molecular weight is 462 g/mol. The minimum atomic E-state index is -3.94. The molecule has 0 fully saturated rings. The Labute approximate surface area is 192 Å². The highest BCUT2D eigenvalue weighted by molar-refractivity contribution is 7.92. The second-order valence-electron chi connectivity index (χ2n) is 7.46. The van der Waals surface area contributed by atoms with Gasteiger partial charge in [-0.1, -0.05) is 36.4 Å². The molecule has 0 saturated heterocycles. The maximum absolute atomic E-state index is 13.3. The summed E-state index contributed by atoms with van der Waals surface area (Å²) < 4.78 is 33.1. The fourth-order valence-electron chi connectivity index (χ4n) is 3.58. The van der Waals surface area contributed by atoms with Crippen molar-refractivity contribution < 1.29 is 17.9 Å². The first-order valence-electron chi connectivity index (χ1n) is 10.2. The second-order valence-corrected chi connectivity index (χ2v) is 9.43. The number of anilines is 2. The minimum absolute atomic E-state index is 0.00250. The van der Waals surface area contributed by atoms with E-state index in [1.54, 1.807) is 49.5 Å². The number of amides is 1. The van der Waals surface area contributed by atoms with Crippen molar-refractivity contribution in [3.8, 4) is 5.75 Å². The van der Waals surface area contributed by atoms with Crippen LogP contribution in [0.1, 0.15) is 15.9 Å². The number of hydrogen-bond donors (Lipinski definition) is 1. The Morgan fingerprint density at radius 3 is 2.55 bits per heavy atom. The number of aryl methyl sites for hydroxylation is 1. The lowest BCUT2D eigenvalue weighted by molar-refractivity contribution is 0.102. The number of sulfonamides is 1. The third-order valence-corrected chi connectivity index (χ3v) is 7.18. The highest BCUT2D eigenvalue weighted by atomic mass is 32.2. The Morgan fingerprint density at radius 2 is 1.76 bits per heavy atom. The number of benzene rings is 3. The van der Waals surface area contributed by atoms with E-state index >= 15 is 0 Å². The van der Waals surface area contributed by atoms with E-state index in [1.165, 1.54) is 26.3 Å². The fraction of sp³-hybridized carbons (Fsp3) is 0.120. The molecular formula is C25H23N3O4S. The molecule has 8 heteroatoms. The Morgan fingerprint density at radius 1 is 1.00 bits per heavy atom. The molecule has 1 heterocycles. The highest BCUT2D eigenvalue weighted by Gasteiger charge is 2.25. The topological polar surface area (TPSA) is 88.6 Å². The Hall–Kier alpha value is -3.91. The predicted molar refractivity (Wildman–Crippen MR) is 129 cm³/mol. The van der Waals surface area contributed by atoms with Crippen molar-refractivity contribution >= 4 is 38.2 Å². The summed E-state index contributed by atoms with van der Waals surface area (Å²) in [4.78, 5) is 17.5. The molecule has 0 saturated carbocycles. The molecule has 1 aromatic heterocycles. The summed E-state index contributed by atoms with van der Waals surface area (Å²) in [5.41, 5.74) is 2.52. The van der Waals surface area contributed by atoms with Gasteiger partial charge in [0.15, 0.2) is 0 Å². The van der Waals surface area contributed by atoms with Gasteiger partial charge in [0.25, 0.3) is 15.9 Å². The summed E-state index contributed by atoms with van der Waals surface area (Å²) in [5.74, 6) is 0.0137. The van der Waals surface area contributed by atoms with Gasteiger partial charge in [0.2, 0.25) is 0 Å². The molecule has 0 radical (unpaired) electrons. The quantitative estimate of drug-likeness (QED) is 0.452. The smallest absolute Gasteiger partial charge is 0.264 e. The number of methoxy groups -OCH3 is 1. The van der Waals surface area contributed by atoms with Gasteiger partial charge in [-0.15, -0.1) is 0 Å². The van der Waals surface area contributed by atoms with Gasteiger partial charge in [0.1, 0.15) is 5.75 Å². The summed E-state index contributed by atoms with van der Waals surface area (Å²) in [5, 5.41) is 3.76. The summed E-state index contributed by atoms with van der Waals surface area (Å²) in [6, 6.07) is 20.6. The molecule has 0 aliphatic carbocycles. The zero-order valence-corrected chi connectivity index (χ0v) is 19.3. The Bertz CT molecular complexity index is 1450. The van der Waals surface area contributed by atoms with E-state index in [4.69, 9.17) is 4.74 Å². The van der Waals surface area contributed by atoms with E-state index in [0.29, 0.717) is 28.2 Å². The van der Waals surface area contributed by atoms with Crippen molar-refractivity contribution in [3.63, 3.8) is 0 Å². The van der Waals surface area contributed by atoms with Crippen LogP contribution in [-0.2, 0) is 10.0 Å². The van der Waals surface area contributed by atoms with Crippen LogP contribution in [0.25, 0.3) is 10.9 Å². The maximum atomic E-state index is 13.3. The molecule has 4 aromatic rings. The monoisotopic (exact) mass is 461 g/mol. The lowest BCUT2D eigenvalue weighted by Gasteiger charge is -2.22. The molecule has 4 rings (SSSR count). The fourth-order valence-corrected chi connectivity index (χ4v) is 4.81. The number of aromatic nitrogens is 1. The van der Waals surface area contributed by atoms with Crippen molar-refractivity contribution in [2.24, 2.45) is 0 Å². The molecule has 7 nitrogen and oxygen atoms in total. The molecule has 3 aromatic carbocycles. The molecule has 168 valence electrons. The molecule has 0 aliphatic heterocycles. The summed E-state index contributed by atoms with van der Waals surface area (Å²) in [6.07, 6.45) is 1.66. The zero-order valence-electron chi connectivity index (χ0n) is 18.4. The Balaban J connectivity index is 1.69. The molecule has 0 unspecified atom stereocenters. The number of fused-ring (bicyclic) bond motifs is 1. The largest absolute Gasteiger partial charge is 0.495 e. The third kappa shape index (κ3) is 4.25. The molecule has 33 heavy (non-hydrogen) atoms. The second kappa shape index (κ2) is 8.91. The SMILES string of the molecule is COc1ccccc1N(C)S(=O)(=O)c1ccc(C)c(C(=O)Nc2cccc3cccnc23)c1. The van der Waals surface area contributed by atoms with Crippen LogP contribution in [0.5, 0.6) is 5.75 Å². The van der Waals surface area contributed by atoms with Crippen LogP contribution >= 0.6 is 0 Å². The van der Waals surface area contributed by atoms with E-state index in [2.05, 4.69) is 10.3 Å². The van der Waals surface area contributed by atoms with Crippen LogP contribution in [-0.4, -0.2) is 33.5 Å².